The zero-order valence-electron chi connectivity index (χ0n) is 20.4. The molecule has 30 heavy (non-hydrogen) atoms. The largest absolute Gasteiger partial charge is 0.0903 e. The molecule has 3 nitrogen and oxygen atoms in total. The average molecular weight is 414 g/mol. The second kappa shape index (κ2) is 8.68. The molecule has 0 amide bonds. The Hall–Kier alpha value is -0.690. The van der Waals surface area contributed by atoms with Crippen LogP contribution in [0.25, 0.3) is 10.4 Å². The number of azide groups is 1. The number of fused-ring (bicyclic) bond motifs is 5. The van der Waals surface area contributed by atoms with Gasteiger partial charge in [0, 0.05) is 11.0 Å². The van der Waals surface area contributed by atoms with Crippen molar-refractivity contribution in [2.24, 2.45) is 57.4 Å². The fourth-order valence-electron chi connectivity index (χ4n) is 9.59. The highest BCUT2D eigenvalue weighted by molar-refractivity contribution is 5.12. The SMILES string of the molecule is CC(C)CCC[C@@H](C)[C@H]1C(N=[N+]=[N-])C[C@H]2[C@@H]3CCC4CCCC[C@]4(C)[C@H]3CC[C@]12C. The van der Waals surface area contributed by atoms with E-state index in [-0.39, 0.29) is 6.04 Å². The van der Waals surface area contributed by atoms with Crippen LogP contribution in [0, 0.1) is 52.3 Å². The topological polar surface area (TPSA) is 48.8 Å². The molecule has 0 aromatic rings. The number of nitrogens with zero attached hydrogens (tertiary/aromatic N) is 3. The van der Waals surface area contributed by atoms with E-state index in [0.29, 0.717) is 22.7 Å². The van der Waals surface area contributed by atoms with Gasteiger partial charge in [0.2, 0.25) is 0 Å². The van der Waals surface area contributed by atoms with Crippen LogP contribution in [-0.4, -0.2) is 6.04 Å². The number of hydrogen-bond acceptors (Lipinski definition) is 1. The maximum absolute atomic E-state index is 9.38. The van der Waals surface area contributed by atoms with Gasteiger partial charge in [-0.2, -0.15) is 0 Å². The van der Waals surface area contributed by atoms with Gasteiger partial charge in [0.1, 0.15) is 0 Å². The van der Waals surface area contributed by atoms with Gasteiger partial charge in [-0.15, -0.1) is 0 Å². The molecule has 4 aliphatic carbocycles. The highest BCUT2D eigenvalue weighted by Crippen LogP contribution is 2.68. The van der Waals surface area contributed by atoms with Crippen molar-refractivity contribution in [3.63, 3.8) is 0 Å². The van der Waals surface area contributed by atoms with Crippen LogP contribution in [-0.2, 0) is 0 Å². The molecule has 0 aromatic carbocycles. The van der Waals surface area contributed by atoms with Gasteiger partial charge in [-0.25, -0.2) is 0 Å². The molecule has 170 valence electrons. The minimum Gasteiger partial charge on any atom is -0.0903 e. The molecule has 0 spiro atoms. The summed E-state index contributed by atoms with van der Waals surface area (Å²) in [5.41, 5.74) is 10.4. The highest BCUT2D eigenvalue weighted by Gasteiger charge is 2.62. The van der Waals surface area contributed by atoms with E-state index in [2.05, 4.69) is 44.6 Å². The van der Waals surface area contributed by atoms with E-state index < -0.39 is 0 Å². The van der Waals surface area contributed by atoms with Crippen LogP contribution >= 0.6 is 0 Å². The Morgan fingerprint density at radius 3 is 2.47 bits per heavy atom. The molecule has 0 aliphatic heterocycles. The fraction of sp³-hybridized carbons (Fsp3) is 1.00. The van der Waals surface area contributed by atoms with Crippen LogP contribution in [0.3, 0.4) is 0 Å². The van der Waals surface area contributed by atoms with Crippen molar-refractivity contribution in [1.82, 2.24) is 0 Å². The molecular formula is C27H47N3. The highest BCUT2D eigenvalue weighted by atomic mass is 15.2. The molecule has 0 radical (unpaired) electrons. The van der Waals surface area contributed by atoms with Crippen molar-refractivity contribution < 1.29 is 0 Å². The molecule has 0 saturated heterocycles. The van der Waals surface area contributed by atoms with Crippen LogP contribution in [0.1, 0.15) is 112 Å². The third-order valence-electron chi connectivity index (χ3n) is 10.9. The Balaban J connectivity index is 1.57. The lowest BCUT2D eigenvalue weighted by Gasteiger charge is -2.61. The first-order chi connectivity index (χ1) is 14.3. The molecule has 0 aromatic heterocycles. The van der Waals surface area contributed by atoms with E-state index in [1.807, 2.05) is 0 Å². The van der Waals surface area contributed by atoms with E-state index in [1.54, 1.807) is 0 Å². The Bertz CT molecular complexity index is 652. The number of hydrogen-bond donors (Lipinski definition) is 0. The third kappa shape index (κ3) is 3.72. The number of rotatable bonds is 6. The Kier molecular flexibility index (Phi) is 6.51. The van der Waals surface area contributed by atoms with Gasteiger partial charge in [0.25, 0.3) is 0 Å². The fourth-order valence-corrected chi connectivity index (χ4v) is 9.59. The van der Waals surface area contributed by atoms with Crippen LogP contribution in [0.15, 0.2) is 5.11 Å². The molecule has 4 saturated carbocycles. The summed E-state index contributed by atoms with van der Waals surface area (Å²) in [6.45, 7) is 12.4. The van der Waals surface area contributed by atoms with E-state index in [9.17, 15) is 5.53 Å². The Labute approximate surface area is 185 Å². The summed E-state index contributed by atoms with van der Waals surface area (Å²) in [6, 6.07) is 0.231. The van der Waals surface area contributed by atoms with Gasteiger partial charge in [-0.1, -0.05) is 71.8 Å². The van der Waals surface area contributed by atoms with Crippen molar-refractivity contribution in [3.05, 3.63) is 10.4 Å². The summed E-state index contributed by atoms with van der Waals surface area (Å²) < 4.78 is 0. The Morgan fingerprint density at radius 2 is 1.73 bits per heavy atom. The zero-order valence-corrected chi connectivity index (χ0v) is 20.4. The maximum atomic E-state index is 9.38. The van der Waals surface area contributed by atoms with Gasteiger partial charge >= 0.3 is 0 Å². The molecule has 3 heteroatoms. The van der Waals surface area contributed by atoms with E-state index in [4.69, 9.17) is 0 Å². The van der Waals surface area contributed by atoms with Crippen molar-refractivity contribution in [1.29, 1.82) is 0 Å². The van der Waals surface area contributed by atoms with Crippen molar-refractivity contribution in [3.8, 4) is 0 Å². The van der Waals surface area contributed by atoms with Crippen LogP contribution < -0.4 is 0 Å². The minimum atomic E-state index is 0.231. The van der Waals surface area contributed by atoms with Gasteiger partial charge < -0.3 is 0 Å². The van der Waals surface area contributed by atoms with Gasteiger partial charge in [-0.3, -0.25) is 0 Å². The molecule has 0 heterocycles. The van der Waals surface area contributed by atoms with Crippen molar-refractivity contribution in [2.45, 2.75) is 118 Å². The molecule has 4 fully saturated rings. The van der Waals surface area contributed by atoms with E-state index in [1.165, 1.54) is 77.0 Å². The summed E-state index contributed by atoms with van der Waals surface area (Å²) in [5.74, 6) is 5.62. The monoisotopic (exact) mass is 413 g/mol. The molecule has 4 rings (SSSR count). The molecule has 2 unspecified atom stereocenters. The predicted molar refractivity (Wildman–Crippen MR) is 126 cm³/mol. The summed E-state index contributed by atoms with van der Waals surface area (Å²) in [7, 11) is 0. The standard InChI is InChI=1S/C27H47N3/c1-18(2)9-8-10-19(3)25-24(29-30-28)17-23-21-13-12-20-11-6-7-15-26(20,4)22(21)14-16-27(23,25)5/h18-25H,6-17H2,1-5H3/t19-,20?,21-,22+,23+,24?,25+,26+,27+/m1/s1. The summed E-state index contributed by atoms with van der Waals surface area (Å²) in [6.07, 6.45) is 16.7. The summed E-state index contributed by atoms with van der Waals surface area (Å²) in [4.78, 5) is 3.36. The van der Waals surface area contributed by atoms with Gasteiger partial charge in [0.15, 0.2) is 0 Å². The second-order valence-electron chi connectivity index (χ2n) is 12.8. The van der Waals surface area contributed by atoms with E-state index >= 15 is 0 Å². The van der Waals surface area contributed by atoms with Crippen molar-refractivity contribution >= 4 is 0 Å². The van der Waals surface area contributed by atoms with Gasteiger partial charge in [-0.05, 0) is 103 Å². The lowest BCUT2D eigenvalue weighted by molar-refractivity contribution is -0.114. The summed E-state index contributed by atoms with van der Waals surface area (Å²) >= 11 is 0. The normalized spacial score (nSPS) is 46.5. The Morgan fingerprint density at radius 1 is 0.933 bits per heavy atom. The first-order valence-electron chi connectivity index (χ1n) is 13.4. The van der Waals surface area contributed by atoms with Crippen LogP contribution in [0.4, 0.5) is 0 Å². The lowest BCUT2D eigenvalue weighted by atomic mass is 9.44. The first-order valence-corrected chi connectivity index (χ1v) is 13.4. The average Bonchev–Trinajstić information content (AvgIpc) is 2.99. The molecule has 0 N–H and O–H groups in total. The predicted octanol–water partition coefficient (Wildman–Crippen LogP) is 8.79. The maximum Gasteiger partial charge on any atom is 0.0413 e. The summed E-state index contributed by atoms with van der Waals surface area (Å²) in [5, 5.41) is 4.46. The first kappa shape index (κ1) is 22.5. The van der Waals surface area contributed by atoms with Crippen molar-refractivity contribution in [2.75, 3.05) is 0 Å². The third-order valence-corrected chi connectivity index (χ3v) is 10.9. The zero-order chi connectivity index (χ0) is 21.5. The van der Waals surface area contributed by atoms with Crippen LogP contribution in [0.2, 0.25) is 0 Å². The van der Waals surface area contributed by atoms with E-state index in [0.717, 1.165) is 29.6 Å². The minimum absolute atomic E-state index is 0.231. The van der Waals surface area contributed by atoms with Crippen LogP contribution in [0.5, 0.6) is 0 Å². The quantitative estimate of drug-likeness (QED) is 0.237. The second-order valence-corrected chi connectivity index (χ2v) is 12.8. The smallest absolute Gasteiger partial charge is 0.0413 e. The molecule has 0 bridgehead atoms. The lowest BCUT2D eigenvalue weighted by Crippen LogP contribution is -2.53. The molecule has 4 aliphatic rings. The van der Waals surface area contributed by atoms with Gasteiger partial charge in [0.05, 0.1) is 0 Å². The molecule has 9 atom stereocenters. The molecular weight excluding hydrogens is 366 g/mol.